The van der Waals surface area contributed by atoms with Crippen molar-refractivity contribution in [3.05, 3.63) is 95.1 Å². The normalized spacial score (nSPS) is 12.6. The maximum atomic E-state index is 13.5. The van der Waals surface area contributed by atoms with E-state index in [0.29, 0.717) is 24.3 Å². The molecule has 6 heteroatoms. The summed E-state index contributed by atoms with van der Waals surface area (Å²) in [6, 6.07) is 15.5. The van der Waals surface area contributed by atoms with Gasteiger partial charge in [0.25, 0.3) is 5.91 Å². The van der Waals surface area contributed by atoms with Crippen LogP contribution in [0.15, 0.2) is 61.2 Å². The van der Waals surface area contributed by atoms with Crippen LogP contribution < -0.4 is 0 Å². The van der Waals surface area contributed by atoms with Crippen LogP contribution in [0.25, 0.3) is 5.69 Å². The van der Waals surface area contributed by atoms with Crippen LogP contribution in [0.5, 0.6) is 0 Å². The lowest BCUT2D eigenvalue weighted by molar-refractivity contribution is 0.0755. The van der Waals surface area contributed by atoms with Crippen molar-refractivity contribution >= 4 is 5.91 Å². The number of carbonyl (C=O) groups excluding carboxylic acids is 1. The minimum absolute atomic E-state index is 0.150. The van der Waals surface area contributed by atoms with Gasteiger partial charge in [0.1, 0.15) is 5.82 Å². The Hall–Kier alpha value is -3.72. The van der Waals surface area contributed by atoms with Gasteiger partial charge >= 0.3 is 0 Å². The van der Waals surface area contributed by atoms with E-state index in [9.17, 15) is 9.18 Å². The van der Waals surface area contributed by atoms with E-state index >= 15 is 0 Å². The Kier molecular flexibility index (Phi) is 5.94. The van der Waals surface area contributed by atoms with Crippen molar-refractivity contribution in [2.75, 3.05) is 6.54 Å². The molecule has 0 radical (unpaired) electrons. The van der Waals surface area contributed by atoms with Gasteiger partial charge in [0, 0.05) is 24.3 Å². The van der Waals surface area contributed by atoms with Crippen molar-refractivity contribution in [2.24, 2.45) is 0 Å². The molecule has 0 aliphatic heterocycles. The average molecular weight is 414 g/mol. The van der Waals surface area contributed by atoms with E-state index in [4.69, 9.17) is 5.26 Å². The number of carbonyl (C=O) groups is 1. The van der Waals surface area contributed by atoms with Crippen LogP contribution in [0, 0.1) is 17.1 Å². The molecule has 4 rings (SSSR count). The monoisotopic (exact) mass is 414 g/mol. The molecule has 0 N–H and O–H groups in total. The number of halogens is 1. The third-order valence-corrected chi connectivity index (χ3v) is 5.55. The second kappa shape index (κ2) is 8.97. The number of rotatable bonds is 6. The smallest absolute Gasteiger partial charge is 0.275 e. The summed E-state index contributed by atoms with van der Waals surface area (Å²) in [5, 5.41) is 13.7. The standard InChI is InChI=1S/C25H23FN4O/c1-2-15-29(17-19-9-7-18(16-27)8-10-19)25(31)24-22-5-3-4-6-23(22)30(28-24)21-13-11-20(26)12-14-21/h2,7-14H,1,3-6,15,17H2. The summed E-state index contributed by atoms with van der Waals surface area (Å²) in [6.07, 6.45) is 5.39. The first-order chi connectivity index (χ1) is 15.1. The summed E-state index contributed by atoms with van der Waals surface area (Å²) in [7, 11) is 0. The van der Waals surface area contributed by atoms with Crippen molar-refractivity contribution in [2.45, 2.75) is 32.2 Å². The molecule has 0 unspecified atom stereocenters. The number of amides is 1. The highest BCUT2D eigenvalue weighted by molar-refractivity contribution is 5.94. The van der Waals surface area contributed by atoms with Gasteiger partial charge in [-0.1, -0.05) is 18.2 Å². The highest BCUT2D eigenvalue weighted by atomic mass is 19.1. The Balaban J connectivity index is 1.69. The van der Waals surface area contributed by atoms with Gasteiger partial charge in [-0.2, -0.15) is 10.4 Å². The number of hydrogen-bond acceptors (Lipinski definition) is 3. The third-order valence-electron chi connectivity index (χ3n) is 5.55. The molecule has 1 amide bonds. The molecule has 31 heavy (non-hydrogen) atoms. The molecular weight excluding hydrogens is 391 g/mol. The molecule has 1 heterocycles. The first-order valence-electron chi connectivity index (χ1n) is 10.4. The number of benzene rings is 2. The zero-order chi connectivity index (χ0) is 21.8. The van der Waals surface area contributed by atoms with Gasteiger partial charge in [-0.15, -0.1) is 6.58 Å². The highest BCUT2D eigenvalue weighted by Gasteiger charge is 2.28. The zero-order valence-corrected chi connectivity index (χ0v) is 17.2. The van der Waals surface area contributed by atoms with Crippen LogP contribution in [0.1, 0.15) is 45.7 Å². The Labute approximate surface area is 181 Å². The fraction of sp³-hybridized carbons (Fsp3) is 0.240. The van der Waals surface area contributed by atoms with Gasteiger partial charge in [0.05, 0.1) is 17.3 Å². The fourth-order valence-corrected chi connectivity index (χ4v) is 4.00. The van der Waals surface area contributed by atoms with E-state index in [2.05, 4.69) is 17.7 Å². The Morgan fingerprint density at radius 2 is 1.87 bits per heavy atom. The van der Waals surface area contributed by atoms with E-state index in [1.165, 1.54) is 12.1 Å². The quantitative estimate of drug-likeness (QED) is 0.554. The van der Waals surface area contributed by atoms with Gasteiger partial charge in [0.15, 0.2) is 5.69 Å². The van der Waals surface area contributed by atoms with E-state index in [-0.39, 0.29) is 11.7 Å². The van der Waals surface area contributed by atoms with Crippen LogP contribution in [0.4, 0.5) is 4.39 Å². The van der Waals surface area contributed by atoms with Crippen molar-refractivity contribution in [1.82, 2.24) is 14.7 Å². The predicted octanol–water partition coefficient (Wildman–Crippen LogP) is 4.59. The lowest BCUT2D eigenvalue weighted by Gasteiger charge is -2.21. The summed E-state index contributed by atoms with van der Waals surface area (Å²) in [5.41, 5.74) is 4.72. The van der Waals surface area contributed by atoms with Crippen LogP contribution in [0.2, 0.25) is 0 Å². The largest absolute Gasteiger partial charge is 0.329 e. The minimum Gasteiger partial charge on any atom is -0.329 e. The maximum absolute atomic E-state index is 13.5. The van der Waals surface area contributed by atoms with Crippen LogP contribution in [0.3, 0.4) is 0 Å². The number of nitrogens with zero attached hydrogens (tertiary/aromatic N) is 4. The second-order valence-corrected chi connectivity index (χ2v) is 7.65. The van der Waals surface area contributed by atoms with Crippen molar-refractivity contribution in [1.29, 1.82) is 5.26 Å². The second-order valence-electron chi connectivity index (χ2n) is 7.65. The molecule has 0 fully saturated rings. The van der Waals surface area contributed by atoms with Gasteiger partial charge in [0.2, 0.25) is 0 Å². The minimum atomic E-state index is -0.305. The summed E-state index contributed by atoms with van der Waals surface area (Å²) in [5.74, 6) is -0.455. The summed E-state index contributed by atoms with van der Waals surface area (Å²) < 4.78 is 15.2. The molecule has 1 aliphatic carbocycles. The van der Waals surface area contributed by atoms with Crippen molar-refractivity contribution < 1.29 is 9.18 Å². The molecule has 1 aliphatic rings. The Bertz CT molecular complexity index is 1140. The zero-order valence-electron chi connectivity index (χ0n) is 17.2. The third kappa shape index (κ3) is 4.26. The lowest BCUT2D eigenvalue weighted by Crippen LogP contribution is -2.32. The number of nitriles is 1. The first-order valence-corrected chi connectivity index (χ1v) is 10.4. The number of aromatic nitrogens is 2. The van der Waals surface area contributed by atoms with E-state index < -0.39 is 0 Å². The lowest BCUT2D eigenvalue weighted by atomic mass is 9.95. The Morgan fingerprint density at radius 1 is 1.16 bits per heavy atom. The van der Waals surface area contributed by atoms with Gasteiger partial charge in [-0.25, -0.2) is 9.07 Å². The molecule has 0 spiro atoms. The summed E-state index contributed by atoms with van der Waals surface area (Å²) in [6.45, 7) is 4.58. The van der Waals surface area contributed by atoms with Gasteiger partial charge in [-0.3, -0.25) is 4.79 Å². The molecule has 5 nitrogen and oxygen atoms in total. The van der Waals surface area contributed by atoms with E-state index in [0.717, 1.165) is 48.2 Å². The fourth-order valence-electron chi connectivity index (χ4n) is 4.00. The summed E-state index contributed by atoms with van der Waals surface area (Å²) in [4.78, 5) is 15.2. The molecule has 1 aromatic heterocycles. The van der Waals surface area contributed by atoms with Gasteiger partial charge < -0.3 is 4.90 Å². The van der Waals surface area contributed by atoms with Crippen molar-refractivity contribution in [3.8, 4) is 11.8 Å². The molecule has 0 bridgehead atoms. The maximum Gasteiger partial charge on any atom is 0.275 e. The molecule has 2 aromatic carbocycles. The first kappa shape index (κ1) is 20.5. The molecule has 0 saturated heterocycles. The van der Waals surface area contributed by atoms with Gasteiger partial charge in [-0.05, 0) is 67.6 Å². The molecule has 3 aromatic rings. The molecule has 0 atom stereocenters. The molecule has 156 valence electrons. The average Bonchev–Trinajstić information content (AvgIpc) is 3.19. The number of hydrogen-bond donors (Lipinski definition) is 0. The summed E-state index contributed by atoms with van der Waals surface area (Å²) >= 11 is 0. The van der Waals surface area contributed by atoms with Crippen LogP contribution in [-0.2, 0) is 19.4 Å². The Morgan fingerprint density at radius 3 is 2.55 bits per heavy atom. The van der Waals surface area contributed by atoms with Crippen LogP contribution >= 0.6 is 0 Å². The van der Waals surface area contributed by atoms with E-state index in [1.807, 2.05) is 12.1 Å². The topological polar surface area (TPSA) is 61.9 Å². The molecular formula is C25H23FN4O. The van der Waals surface area contributed by atoms with Crippen molar-refractivity contribution in [3.63, 3.8) is 0 Å². The van der Waals surface area contributed by atoms with Crippen LogP contribution in [-0.4, -0.2) is 27.1 Å². The number of fused-ring (bicyclic) bond motifs is 1. The molecule has 0 saturated carbocycles. The van der Waals surface area contributed by atoms with E-state index in [1.54, 1.807) is 39.9 Å². The predicted molar refractivity (Wildman–Crippen MR) is 116 cm³/mol. The highest BCUT2D eigenvalue weighted by Crippen LogP contribution is 2.28. The SMILES string of the molecule is C=CCN(Cc1ccc(C#N)cc1)C(=O)c1nn(-c2ccc(F)cc2)c2c1CCCC2.